The average Bonchev–Trinajstić information content (AvgIpc) is 2.80. The molecule has 1 fully saturated rings. The SMILES string of the molecule is C#Cc1ccc(NC(=O)O[C@H](CSC)C(=O)Nc2ccc(N3CCOCC3=O)cc2)cc1. The standard InChI is InChI=1S/C23H23N3O5S/c1-3-16-4-6-18(7-5-16)25-23(29)31-20(15-32-2)22(28)24-17-8-10-19(11-9-17)26-12-13-30-14-21(26)27/h1,4-11,20H,12-15H2,2H3,(H,24,28)(H,25,29)/t20-/m1/s1. The summed E-state index contributed by atoms with van der Waals surface area (Å²) in [5.74, 6) is 2.22. The lowest BCUT2D eigenvalue weighted by Crippen LogP contribution is -2.41. The fraction of sp³-hybridized carbons (Fsp3) is 0.261. The molecule has 32 heavy (non-hydrogen) atoms. The lowest BCUT2D eigenvalue weighted by atomic mass is 10.2. The second-order valence-electron chi connectivity index (χ2n) is 6.83. The first-order valence-electron chi connectivity index (χ1n) is 9.82. The summed E-state index contributed by atoms with van der Waals surface area (Å²) < 4.78 is 10.5. The van der Waals surface area contributed by atoms with Crippen LogP contribution in [-0.2, 0) is 19.1 Å². The molecule has 1 aliphatic rings. The van der Waals surface area contributed by atoms with Gasteiger partial charge in [-0.2, -0.15) is 11.8 Å². The van der Waals surface area contributed by atoms with Crippen LogP contribution in [0.4, 0.5) is 21.9 Å². The molecule has 9 heteroatoms. The number of ether oxygens (including phenoxy) is 2. The molecular weight excluding hydrogens is 430 g/mol. The minimum atomic E-state index is -0.990. The molecule has 0 spiro atoms. The molecule has 0 unspecified atom stereocenters. The number of morpholine rings is 1. The molecule has 0 bridgehead atoms. The zero-order valence-corrected chi connectivity index (χ0v) is 18.3. The smallest absolute Gasteiger partial charge is 0.412 e. The fourth-order valence-corrected chi connectivity index (χ4v) is 3.50. The number of rotatable bonds is 7. The van der Waals surface area contributed by atoms with Crippen LogP contribution in [0.25, 0.3) is 0 Å². The van der Waals surface area contributed by atoms with Crippen LogP contribution in [0.15, 0.2) is 48.5 Å². The minimum Gasteiger partial charge on any atom is -0.435 e. The van der Waals surface area contributed by atoms with Gasteiger partial charge in [0.25, 0.3) is 11.8 Å². The highest BCUT2D eigenvalue weighted by atomic mass is 32.2. The molecule has 2 aromatic carbocycles. The largest absolute Gasteiger partial charge is 0.435 e. The lowest BCUT2D eigenvalue weighted by Gasteiger charge is -2.27. The summed E-state index contributed by atoms with van der Waals surface area (Å²) in [6.07, 6.45) is 5.40. The van der Waals surface area contributed by atoms with Crippen LogP contribution < -0.4 is 15.5 Å². The van der Waals surface area contributed by atoms with E-state index >= 15 is 0 Å². The highest BCUT2D eigenvalue weighted by molar-refractivity contribution is 7.98. The number of carbonyl (C=O) groups excluding carboxylic acids is 3. The zero-order chi connectivity index (χ0) is 22.9. The Morgan fingerprint density at radius 2 is 1.81 bits per heavy atom. The summed E-state index contributed by atoms with van der Waals surface area (Å²) in [5.41, 5.74) is 2.45. The molecule has 2 N–H and O–H groups in total. The highest BCUT2D eigenvalue weighted by Gasteiger charge is 2.24. The van der Waals surface area contributed by atoms with Gasteiger partial charge in [0.1, 0.15) is 6.61 Å². The van der Waals surface area contributed by atoms with E-state index in [1.165, 1.54) is 11.8 Å². The third-order valence-corrected chi connectivity index (χ3v) is 5.23. The first-order valence-corrected chi connectivity index (χ1v) is 11.2. The minimum absolute atomic E-state index is 0.0578. The van der Waals surface area contributed by atoms with Crippen molar-refractivity contribution in [3.63, 3.8) is 0 Å². The van der Waals surface area contributed by atoms with Gasteiger partial charge in [-0.15, -0.1) is 6.42 Å². The van der Waals surface area contributed by atoms with Crippen molar-refractivity contribution in [2.24, 2.45) is 0 Å². The number of benzene rings is 2. The Balaban J connectivity index is 1.58. The van der Waals surface area contributed by atoms with Gasteiger partial charge in [-0.25, -0.2) is 4.79 Å². The summed E-state index contributed by atoms with van der Waals surface area (Å²) in [6.45, 7) is 1.02. The van der Waals surface area contributed by atoms with Crippen LogP contribution in [0.1, 0.15) is 5.56 Å². The van der Waals surface area contributed by atoms with Gasteiger partial charge in [-0.05, 0) is 54.8 Å². The monoisotopic (exact) mass is 453 g/mol. The molecule has 0 aliphatic carbocycles. The van der Waals surface area contributed by atoms with E-state index in [9.17, 15) is 14.4 Å². The second-order valence-corrected chi connectivity index (χ2v) is 7.74. The van der Waals surface area contributed by atoms with E-state index in [-0.39, 0.29) is 18.3 Å². The van der Waals surface area contributed by atoms with Crippen molar-refractivity contribution in [1.82, 2.24) is 0 Å². The Hall–Kier alpha value is -3.48. The Labute approximate surface area is 190 Å². The maximum atomic E-state index is 12.7. The maximum Gasteiger partial charge on any atom is 0.412 e. The van der Waals surface area contributed by atoms with Gasteiger partial charge in [-0.1, -0.05) is 5.92 Å². The number of carbonyl (C=O) groups is 3. The number of amides is 3. The normalized spacial score (nSPS) is 14.2. The van der Waals surface area contributed by atoms with Crippen molar-refractivity contribution in [1.29, 1.82) is 0 Å². The molecule has 0 radical (unpaired) electrons. The molecule has 3 amide bonds. The number of hydrogen-bond donors (Lipinski definition) is 2. The van der Waals surface area contributed by atoms with Gasteiger partial charge in [0.05, 0.1) is 6.61 Å². The van der Waals surface area contributed by atoms with E-state index in [1.807, 2.05) is 6.26 Å². The van der Waals surface area contributed by atoms with Crippen LogP contribution in [0.3, 0.4) is 0 Å². The van der Waals surface area contributed by atoms with Gasteiger partial charge in [0.15, 0.2) is 6.10 Å². The van der Waals surface area contributed by atoms with E-state index in [4.69, 9.17) is 15.9 Å². The molecule has 1 heterocycles. The lowest BCUT2D eigenvalue weighted by molar-refractivity contribution is -0.125. The van der Waals surface area contributed by atoms with Gasteiger partial charge in [-0.3, -0.25) is 14.9 Å². The van der Waals surface area contributed by atoms with Crippen molar-refractivity contribution in [2.45, 2.75) is 6.10 Å². The Morgan fingerprint density at radius 3 is 2.44 bits per heavy atom. The van der Waals surface area contributed by atoms with Crippen molar-refractivity contribution in [3.8, 4) is 12.3 Å². The summed E-state index contributed by atoms with van der Waals surface area (Å²) in [7, 11) is 0. The zero-order valence-electron chi connectivity index (χ0n) is 17.5. The summed E-state index contributed by atoms with van der Waals surface area (Å²) in [4.78, 5) is 38.5. The van der Waals surface area contributed by atoms with Crippen molar-refractivity contribution >= 4 is 46.7 Å². The fourth-order valence-electron chi connectivity index (χ4n) is 2.98. The van der Waals surface area contributed by atoms with Crippen LogP contribution >= 0.6 is 11.8 Å². The average molecular weight is 454 g/mol. The molecule has 3 rings (SSSR count). The highest BCUT2D eigenvalue weighted by Crippen LogP contribution is 2.20. The van der Waals surface area contributed by atoms with Crippen LogP contribution in [0, 0.1) is 12.3 Å². The van der Waals surface area contributed by atoms with Crippen LogP contribution in [0.2, 0.25) is 0 Å². The third kappa shape index (κ3) is 6.26. The van der Waals surface area contributed by atoms with Gasteiger partial charge >= 0.3 is 6.09 Å². The molecule has 2 aromatic rings. The summed E-state index contributed by atoms with van der Waals surface area (Å²) in [5, 5.41) is 5.33. The number of nitrogens with zero attached hydrogens (tertiary/aromatic N) is 1. The third-order valence-electron chi connectivity index (χ3n) is 4.59. The molecule has 8 nitrogen and oxygen atoms in total. The van der Waals surface area contributed by atoms with E-state index in [1.54, 1.807) is 53.4 Å². The molecule has 0 saturated carbocycles. The number of thioether (sulfide) groups is 1. The first kappa shape index (κ1) is 23.2. The predicted molar refractivity (Wildman–Crippen MR) is 125 cm³/mol. The van der Waals surface area contributed by atoms with Crippen molar-refractivity contribution < 1.29 is 23.9 Å². The van der Waals surface area contributed by atoms with E-state index in [2.05, 4.69) is 16.6 Å². The summed E-state index contributed by atoms with van der Waals surface area (Å²) >= 11 is 1.38. The topological polar surface area (TPSA) is 97.0 Å². The first-order chi connectivity index (χ1) is 15.5. The van der Waals surface area contributed by atoms with E-state index in [0.29, 0.717) is 30.1 Å². The predicted octanol–water partition coefficient (Wildman–Crippen LogP) is 2.95. The van der Waals surface area contributed by atoms with E-state index < -0.39 is 18.1 Å². The Morgan fingerprint density at radius 1 is 1.16 bits per heavy atom. The van der Waals surface area contributed by atoms with Crippen molar-refractivity contribution in [3.05, 3.63) is 54.1 Å². The number of anilines is 3. The molecule has 0 aromatic heterocycles. The Bertz CT molecular complexity index is 1000. The maximum absolute atomic E-state index is 12.7. The van der Waals surface area contributed by atoms with Crippen LogP contribution in [0.5, 0.6) is 0 Å². The van der Waals surface area contributed by atoms with Gasteiger partial charge in [0, 0.05) is 34.9 Å². The molecule has 1 saturated heterocycles. The quantitative estimate of drug-likeness (QED) is 0.626. The molecule has 166 valence electrons. The molecule has 1 aliphatic heterocycles. The molecule has 1 atom stereocenters. The summed E-state index contributed by atoms with van der Waals surface area (Å²) in [6, 6.07) is 13.6. The number of nitrogens with one attached hydrogen (secondary N) is 2. The van der Waals surface area contributed by atoms with Gasteiger partial charge < -0.3 is 19.7 Å². The number of hydrogen-bond acceptors (Lipinski definition) is 6. The number of terminal acetylenes is 1. The Kier molecular flexibility index (Phi) is 8.14. The van der Waals surface area contributed by atoms with Crippen molar-refractivity contribution in [2.75, 3.05) is 47.3 Å². The molecular formula is C23H23N3O5S. The van der Waals surface area contributed by atoms with Crippen LogP contribution in [-0.4, -0.2) is 55.8 Å². The second kappa shape index (κ2) is 11.2. The van der Waals surface area contributed by atoms with Gasteiger partial charge in [0.2, 0.25) is 0 Å². The van der Waals surface area contributed by atoms with E-state index in [0.717, 1.165) is 5.69 Å².